The van der Waals surface area contributed by atoms with E-state index in [9.17, 15) is 9.59 Å². The molecule has 5 heteroatoms. The Bertz CT molecular complexity index is 692. The number of hydrogen-bond acceptors (Lipinski definition) is 3. The Balaban J connectivity index is 1.60. The first-order valence-corrected chi connectivity index (χ1v) is 8.33. The summed E-state index contributed by atoms with van der Waals surface area (Å²) in [5, 5.41) is 2.79. The van der Waals surface area contributed by atoms with Gasteiger partial charge in [-0.1, -0.05) is 6.92 Å². The molecule has 5 nitrogen and oxygen atoms in total. The number of carbonyl (C=O) groups excluding carboxylic acids is 2. The second-order valence-corrected chi connectivity index (χ2v) is 6.34. The van der Waals surface area contributed by atoms with Crippen LogP contribution in [0, 0.1) is 5.92 Å². The average Bonchev–Trinajstić information content (AvgIpc) is 3.13. The lowest BCUT2D eigenvalue weighted by molar-refractivity contribution is 0.0682. The predicted molar refractivity (Wildman–Crippen MR) is 90.6 cm³/mol. The van der Waals surface area contributed by atoms with Crippen LogP contribution < -0.4 is 5.32 Å². The van der Waals surface area contributed by atoms with Crippen molar-refractivity contribution in [3.05, 3.63) is 59.5 Å². The van der Waals surface area contributed by atoms with Gasteiger partial charge in [0.2, 0.25) is 0 Å². The molecular formula is C19H22N2O3. The lowest BCUT2D eigenvalue weighted by atomic mass is 9.99. The lowest BCUT2D eigenvalue weighted by Crippen LogP contribution is -2.39. The van der Waals surface area contributed by atoms with Gasteiger partial charge in [0.25, 0.3) is 11.8 Å². The second-order valence-electron chi connectivity index (χ2n) is 6.34. The van der Waals surface area contributed by atoms with Gasteiger partial charge in [-0.05, 0) is 55.2 Å². The van der Waals surface area contributed by atoms with Crippen LogP contribution in [0.1, 0.15) is 46.2 Å². The van der Waals surface area contributed by atoms with Gasteiger partial charge in [0.05, 0.1) is 12.8 Å². The Morgan fingerprint density at radius 3 is 2.62 bits per heavy atom. The summed E-state index contributed by atoms with van der Waals surface area (Å²) in [6, 6.07) is 10.4. The van der Waals surface area contributed by atoms with E-state index in [1.54, 1.807) is 36.6 Å². The highest BCUT2D eigenvalue weighted by Gasteiger charge is 2.22. The number of likely N-dealkylation sites (tertiary alicyclic amines) is 1. The third-order valence-electron chi connectivity index (χ3n) is 4.34. The molecule has 0 radical (unpaired) electrons. The zero-order chi connectivity index (χ0) is 16.9. The van der Waals surface area contributed by atoms with E-state index in [0.717, 1.165) is 19.5 Å². The van der Waals surface area contributed by atoms with E-state index >= 15 is 0 Å². The summed E-state index contributed by atoms with van der Waals surface area (Å²) in [6.45, 7) is 4.14. The summed E-state index contributed by atoms with van der Waals surface area (Å²) >= 11 is 0. The van der Waals surface area contributed by atoms with Crippen LogP contribution in [0.2, 0.25) is 0 Å². The molecule has 0 saturated carbocycles. The number of furan rings is 1. The quantitative estimate of drug-likeness (QED) is 0.939. The Kier molecular flexibility index (Phi) is 4.99. The van der Waals surface area contributed by atoms with Crippen molar-refractivity contribution < 1.29 is 14.0 Å². The van der Waals surface area contributed by atoms with Crippen LogP contribution in [0.25, 0.3) is 0 Å². The molecule has 0 bridgehead atoms. The number of carbonyl (C=O) groups is 2. The van der Waals surface area contributed by atoms with Crippen LogP contribution >= 0.6 is 0 Å². The molecule has 2 amide bonds. The van der Waals surface area contributed by atoms with Gasteiger partial charge in [0, 0.05) is 24.2 Å². The van der Waals surface area contributed by atoms with Crippen LogP contribution in [0.4, 0.5) is 0 Å². The number of piperidine rings is 1. The Morgan fingerprint density at radius 1 is 1.21 bits per heavy atom. The third-order valence-corrected chi connectivity index (χ3v) is 4.34. The van der Waals surface area contributed by atoms with E-state index in [1.807, 2.05) is 11.0 Å². The normalized spacial score (nSPS) is 17.5. The molecule has 2 heterocycles. The largest absolute Gasteiger partial charge is 0.467 e. The van der Waals surface area contributed by atoms with E-state index in [1.165, 1.54) is 6.42 Å². The van der Waals surface area contributed by atoms with Crippen molar-refractivity contribution in [1.82, 2.24) is 10.2 Å². The maximum atomic E-state index is 12.5. The van der Waals surface area contributed by atoms with Crippen molar-refractivity contribution in [2.45, 2.75) is 26.3 Å². The van der Waals surface area contributed by atoms with Gasteiger partial charge in [0.1, 0.15) is 5.76 Å². The first-order valence-electron chi connectivity index (χ1n) is 8.33. The second kappa shape index (κ2) is 7.34. The van der Waals surface area contributed by atoms with E-state index in [4.69, 9.17) is 4.42 Å². The van der Waals surface area contributed by atoms with Crippen LogP contribution in [-0.2, 0) is 6.54 Å². The molecule has 1 aromatic carbocycles. The van der Waals surface area contributed by atoms with Crippen LogP contribution in [-0.4, -0.2) is 29.8 Å². The molecule has 1 unspecified atom stereocenters. The van der Waals surface area contributed by atoms with Crippen molar-refractivity contribution in [1.29, 1.82) is 0 Å². The van der Waals surface area contributed by atoms with E-state index in [-0.39, 0.29) is 11.8 Å². The molecule has 1 N–H and O–H groups in total. The van der Waals surface area contributed by atoms with Crippen molar-refractivity contribution in [2.75, 3.05) is 13.1 Å². The highest BCUT2D eigenvalue weighted by atomic mass is 16.3. The maximum Gasteiger partial charge on any atom is 0.253 e. The van der Waals surface area contributed by atoms with Gasteiger partial charge >= 0.3 is 0 Å². The van der Waals surface area contributed by atoms with E-state index in [2.05, 4.69) is 12.2 Å². The van der Waals surface area contributed by atoms with Crippen LogP contribution in [0.15, 0.2) is 47.1 Å². The van der Waals surface area contributed by atoms with Gasteiger partial charge < -0.3 is 14.6 Å². The molecule has 1 atom stereocenters. The monoisotopic (exact) mass is 326 g/mol. The summed E-state index contributed by atoms with van der Waals surface area (Å²) in [5.74, 6) is 1.12. The lowest BCUT2D eigenvalue weighted by Gasteiger charge is -2.31. The number of nitrogens with zero attached hydrogens (tertiary/aromatic N) is 1. The first-order chi connectivity index (χ1) is 11.6. The fourth-order valence-corrected chi connectivity index (χ4v) is 3.00. The maximum absolute atomic E-state index is 12.5. The van der Waals surface area contributed by atoms with Gasteiger partial charge in [-0.25, -0.2) is 0 Å². The molecule has 3 rings (SSSR count). The van der Waals surface area contributed by atoms with E-state index in [0.29, 0.717) is 29.3 Å². The molecule has 0 aliphatic carbocycles. The minimum atomic E-state index is -0.183. The average molecular weight is 326 g/mol. The van der Waals surface area contributed by atoms with Crippen LogP contribution in [0.5, 0.6) is 0 Å². The van der Waals surface area contributed by atoms with Crippen molar-refractivity contribution in [3.8, 4) is 0 Å². The number of nitrogens with one attached hydrogen (secondary N) is 1. The van der Waals surface area contributed by atoms with Crippen molar-refractivity contribution in [2.24, 2.45) is 5.92 Å². The Hall–Kier alpha value is -2.56. The standard InChI is InChI=1S/C19H22N2O3/c1-14-4-2-10-21(13-14)19(23)16-8-6-15(7-9-16)18(22)20-12-17-5-3-11-24-17/h3,5-9,11,14H,2,4,10,12-13H2,1H3,(H,20,22). The smallest absolute Gasteiger partial charge is 0.253 e. The fourth-order valence-electron chi connectivity index (χ4n) is 3.00. The fraction of sp³-hybridized carbons (Fsp3) is 0.368. The molecule has 0 spiro atoms. The molecule has 126 valence electrons. The zero-order valence-electron chi connectivity index (χ0n) is 13.8. The highest BCUT2D eigenvalue weighted by Crippen LogP contribution is 2.18. The van der Waals surface area contributed by atoms with Crippen molar-refractivity contribution >= 4 is 11.8 Å². The number of amides is 2. The summed E-state index contributed by atoms with van der Waals surface area (Å²) in [4.78, 5) is 26.5. The van der Waals surface area contributed by atoms with E-state index < -0.39 is 0 Å². The number of benzene rings is 1. The van der Waals surface area contributed by atoms with Crippen molar-refractivity contribution in [3.63, 3.8) is 0 Å². The first kappa shape index (κ1) is 16.3. The molecule has 1 aliphatic rings. The van der Waals surface area contributed by atoms with Gasteiger partial charge in [0.15, 0.2) is 0 Å². The molecular weight excluding hydrogens is 304 g/mol. The number of hydrogen-bond donors (Lipinski definition) is 1. The Labute approximate surface area is 141 Å². The highest BCUT2D eigenvalue weighted by molar-refractivity contribution is 5.97. The molecule has 1 saturated heterocycles. The molecule has 2 aromatic rings. The topological polar surface area (TPSA) is 62.6 Å². The van der Waals surface area contributed by atoms with Gasteiger partial charge in [-0.3, -0.25) is 9.59 Å². The summed E-state index contributed by atoms with van der Waals surface area (Å²) < 4.78 is 5.18. The summed E-state index contributed by atoms with van der Waals surface area (Å²) in [5.41, 5.74) is 1.16. The molecule has 1 fully saturated rings. The Morgan fingerprint density at radius 2 is 1.96 bits per heavy atom. The SMILES string of the molecule is CC1CCCN(C(=O)c2ccc(C(=O)NCc3ccco3)cc2)C1. The van der Waals surface area contributed by atoms with Gasteiger partial charge in [-0.15, -0.1) is 0 Å². The minimum Gasteiger partial charge on any atom is -0.467 e. The van der Waals surface area contributed by atoms with Gasteiger partial charge in [-0.2, -0.15) is 0 Å². The molecule has 24 heavy (non-hydrogen) atoms. The predicted octanol–water partition coefficient (Wildman–Crippen LogP) is 3.08. The minimum absolute atomic E-state index is 0.0455. The third kappa shape index (κ3) is 3.85. The van der Waals surface area contributed by atoms with Crippen LogP contribution in [0.3, 0.4) is 0 Å². The summed E-state index contributed by atoms with van der Waals surface area (Å²) in [6.07, 6.45) is 3.81. The number of rotatable bonds is 4. The zero-order valence-corrected chi connectivity index (χ0v) is 13.8. The summed E-state index contributed by atoms with van der Waals surface area (Å²) in [7, 11) is 0. The molecule has 1 aliphatic heterocycles. The molecule has 1 aromatic heterocycles.